The number of nitrogens with one attached hydrogen (secondary N) is 2. The Morgan fingerprint density at radius 1 is 1.33 bits per heavy atom. The van der Waals surface area contributed by atoms with Crippen molar-refractivity contribution in [3.8, 4) is 5.75 Å². The lowest BCUT2D eigenvalue weighted by Gasteiger charge is -2.17. The second-order valence-corrected chi connectivity index (χ2v) is 4.23. The first kappa shape index (κ1) is 13.0. The van der Waals surface area contributed by atoms with E-state index in [4.69, 9.17) is 16.3 Å². The Hall–Kier alpha value is -1.40. The van der Waals surface area contributed by atoms with E-state index < -0.39 is 18.0 Å². The first-order chi connectivity index (χ1) is 8.36. The average molecular weight is 279 g/mol. The fourth-order valence-electron chi connectivity index (χ4n) is 1.52. The highest BCUT2D eigenvalue weighted by Crippen LogP contribution is 2.38. The molecule has 0 bridgehead atoms. The summed E-state index contributed by atoms with van der Waals surface area (Å²) in [6, 6.07) is 3.40. The number of allylic oxidation sites excluding steroid dienone is 1. The van der Waals surface area contributed by atoms with E-state index in [-0.39, 0.29) is 10.8 Å². The second kappa shape index (κ2) is 4.70. The molecule has 1 heterocycles. The first-order valence-corrected chi connectivity index (χ1v) is 5.47. The van der Waals surface area contributed by atoms with E-state index in [0.29, 0.717) is 0 Å². The van der Waals surface area contributed by atoms with Gasteiger partial charge in [-0.25, -0.2) is 0 Å². The van der Waals surface area contributed by atoms with Gasteiger partial charge in [0.05, 0.1) is 5.56 Å². The number of hydrogen-bond acceptors (Lipinski definition) is 3. The van der Waals surface area contributed by atoms with E-state index in [9.17, 15) is 13.2 Å². The highest BCUT2D eigenvalue weighted by molar-refractivity contribution is 6.30. The van der Waals surface area contributed by atoms with Crippen molar-refractivity contribution < 1.29 is 17.9 Å². The Kier molecular flexibility index (Phi) is 3.41. The van der Waals surface area contributed by atoms with Gasteiger partial charge in [-0.1, -0.05) is 11.6 Å². The summed E-state index contributed by atoms with van der Waals surface area (Å²) in [5.41, 5.74) is 5.31. The van der Waals surface area contributed by atoms with E-state index in [1.165, 1.54) is 12.1 Å². The minimum Gasteiger partial charge on any atom is -0.469 e. The van der Waals surface area contributed by atoms with Crippen LogP contribution in [0.3, 0.4) is 0 Å². The molecule has 1 aliphatic heterocycles. The Labute approximate surface area is 107 Å². The Morgan fingerprint density at radius 3 is 2.61 bits per heavy atom. The van der Waals surface area contributed by atoms with Crippen LogP contribution in [0.25, 0.3) is 0 Å². The molecule has 7 heteroatoms. The standard InChI is InChI=1S/C11H10ClF3N2O/c1-6-4-10(17-16-6)18-9-3-2-7(12)5-8(9)11(13,14)15/h2-5,10,16-17H,1H3. The van der Waals surface area contributed by atoms with Crippen LogP contribution in [0.5, 0.6) is 5.75 Å². The van der Waals surface area contributed by atoms with Gasteiger partial charge in [0.25, 0.3) is 0 Å². The summed E-state index contributed by atoms with van der Waals surface area (Å²) in [4.78, 5) is 0. The molecular weight excluding hydrogens is 269 g/mol. The van der Waals surface area contributed by atoms with Gasteiger partial charge in [0.1, 0.15) is 5.75 Å². The molecule has 1 atom stereocenters. The minimum absolute atomic E-state index is 0.0129. The lowest BCUT2D eigenvalue weighted by Crippen LogP contribution is -2.35. The van der Waals surface area contributed by atoms with Crippen molar-refractivity contribution in [2.45, 2.75) is 19.3 Å². The normalized spacial score (nSPS) is 19.4. The van der Waals surface area contributed by atoms with Crippen LogP contribution in [0.1, 0.15) is 12.5 Å². The largest absolute Gasteiger partial charge is 0.469 e. The summed E-state index contributed by atoms with van der Waals surface area (Å²) >= 11 is 5.57. The van der Waals surface area contributed by atoms with Crippen LogP contribution >= 0.6 is 11.6 Å². The second-order valence-electron chi connectivity index (χ2n) is 3.80. The fourth-order valence-corrected chi connectivity index (χ4v) is 1.69. The van der Waals surface area contributed by atoms with Crippen LogP contribution in [-0.2, 0) is 6.18 Å². The van der Waals surface area contributed by atoms with Crippen LogP contribution < -0.4 is 15.6 Å². The van der Waals surface area contributed by atoms with Crippen molar-refractivity contribution in [2.75, 3.05) is 0 Å². The van der Waals surface area contributed by atoms with Crippen molar-refractivity contribution in [3.63, 3.8) is 0 Å². The number of hydrogen-bond donors (Lipinski definition) is 2. The molecule has 98 valence electrons. The van der Waals surface area contributed by atoms with Gasteiger partial charge in [-0.05, 0) is 31.2 Å². The van der Waals surface area contributed by atoms with Crippen molar-refractivity contribution in [2.24, 2.45) is 0 Å². The smallest absolute Gasteiger partial charge is 0.420 e. The van der Waals surface area contributed by atoms with E-state index in [2.05, 4.69) is 10.9 Å². The molecule has 0 saturated heterocycles. The number of benzene rings is 1. The summed E-state index contributed by atoms with van der Waals surface area (Å²) in [7, 11) is 0. The molecule has 0 aromatic heterocycles. The van der Waals surface area contributed by atoms with Gasteiger partial charge in [0.15, 0.2) is 6.23 Å². The maximum Gasteiger partial charge on any atom is 0.420 e. The molecule has 0 radical (unpaired) electrons. The molecule has 1 unspecified atom stereocenters. The number of halogens is 4. The van der Waals surface area contributed by atoms with Crippen molar-refractivity contribution in [1.82, 2.24) is 10.9 Å². The zero-order valence-corrected chi connectivity index (χ0v) is 10.1. The van der Waals surface area contributed by atoms with Gasteiger partial charge in [-0.15, -0.1) is 0 Å². The first-order valence-electron chi connectivity index (χ1n) is 5.09. The molecule has 0 amide bonds. The zero-order chi connectivity index (χ0) is 13.3. The minimum atomic E-state index is -4.51. The molecule has 18 heavy (non-hydrogen) atoms. The SMILES string of the molecule is CC1=CC(Oc2ccc(Cl)cc2C(F)(F)F)NN1. The molecule has 0 aliphatic carbocycles. The van der Waals surface area contributed by atoms with Crippen LogP contribution in [0, 0.1) is 0 Å². The Bertz CT molecular complexity index is 488. The molecule has 2 rings (SSSR count). The van der Waals surface area contributed by atoms with Crippen LogP contribution in [-0.4, -0.2) is 6.23 Å². The topological polar surface area (TPSA) is 33.3 Å². The average Bonchev–Trinajstić information content (AvgIpc) is 2.65. The Morgan fingerprint density at radius 2 is 2.06 bits per heavy atom. The van der Waals surface area contributed by atoms with Crippen molar-refractivity contribution >= 4 is 11.6 Å². The predicted octanol–water partition coefficient (Wildman–Crippen LogP) is 3.08. The van der Waals surface area contributed by atoms with Gasteiger partial charge < -0.3 is 10.2 Å². The molecule has 1 aromatic carbocycles. The monoisotopic (exact) mass is 278 g/mol. The highest BCUT2D eigenvalue weighted by Gasteiger charge is 2.35. The fraction of sp³-hybridized carbons (Fsp3) is 0.273. The lowest BCUT2D eigenvalue weighted by atomic mass is 10.2. The molecule has 1 aliphatic rings. The summed E-state index contributed by atoms with van der Waals surface area (Å²) < 4.78 is 43.6. The molecule has 0 saturated carbocycles. The molecule has 0 spiro atoms. The molecule has 1 aromatic rings. The van der Waals surface area contributed by atoms with Gasteiger partial charge >= 0.3 is 6.18 Å². The summed E-state index contributed by atoms with van der Waals surface area (Å²) in [6.07, 6.45) is -3.52. The lowest BCUT2D eigenvalue weighted by molar-refractivity contribution is -0.139. The van der Waals surface area contributed by atoms with Gasteiger partial charge in [0, 0.05) is 10.7 Å². The number of alkyl halides is 3. The van der Waals surface area contributed by atoms with Gasteiger partial charge in [-0.2, -0.15) is 18.6 Å². The van der Waals surface area contributed by atoms with Crippen LogP contribution in [0.4, 0.5) is 13.2 Å². The van der Waals surface area contributed by atoms with E-state index in [0.717, 1.165) is 11.8 Å². The quantitative estimate of drug-likeness (QED) is 0.872. The summed E-state index contributed by atoms with van der Waals surface area (Å²) in [5, 5.41) is 0.0129. The van der Waals surface area contributed by atoms with Crippen molar-refractivity contribution in [1.29, 1.82) is 0 Å². The maximum atomic E-state index is 12.8. The molecular formula is C11H10ClF3N2O. The summed E-state index contributed by atoms with van der Waals surface area (Å²) in [5.74, 6) is -0.267. The third kappa shape index (κ3) is 2.88. The van der Waals surface area contributed by atoms with E-state index in [1.807, 2.05) is 0 Å². The van der Waals surface area contributed by atoms with E-state index >= 15 is 0 Å². The van der Waals surface area contributed by atoms with Crippen LogP contribution in [0.15, 0.2) is 30.0 Å². The summed E-state index contributed by atoms with van der Waals surface area (Å²) in [6.45, 7) is 1.77. The maximum absolute atomic E-state index is 12.8. The zero-order valence-electron chi connectivity index (χ0n) is 9.31. The molecule has 0 fully saturated rings. The highest BCUT2D eigenvalue weighted by atomic mass is 35.5. The van der Waals surface area contributed by atoms with Crippen molar-refractivity contribution in [3.05, 3.63) is 40.6 Å². The van der Waals surface area contributed by atoms with E-state index in [1.54, 1.807) is 13.0 Å². The number of ether oxygens (including phenoxy) is 1. The molecule has 2 N–H and O–H groups in total. The Balaban J connectivity index is 2.27. The number of hydrazine groups is 1. The van der Waals surface area contributed by atoms with Gasteiger partial charge in [0.2, 0.25) is 0 Å². The third-order valence-electron chi connectivity index (χ3n) is 2.31. The third-order valence-corrected chi connectivity index (χ3v) is 2.55. The van der Waals surface area contributed by atoms with Crippen LogP contribution in [0.2, 0.25) is 5.02 Å². The predicted molar refractivity (Wildman–Crippen MR) is 60.9 cm³/mol. The molecule has 3 nitrogen and oxygen atoms in total. The number of rotatable bonds is 2. The van der Waals surface area contributed by atoms with Gasteiger partial charge in [-0.3, -0.25) is 0 Å².